The topological polar surface area (TPSA) is 15.3 Å². The van der Waals surface area contributed by atoms with Gasteiger partial charge in [0.05, 0.1) is 0 Å². The van der Waals surface area contributed by atoms with Crippen LogP contribution in [-0.2, 0) is 0 Å². The Morgan fingerprint density at radius 2 is 1.60 bits per heavy atom. The third-order valence-electron chi connectivity index (χ3n) is 6.22. The number of hydrogen-bond acceptors (Lipinski definition) is 2. The Labute approximate surface area is 125 Å². The predicted molar refractivity (Wildman–Crippen MR) is 86.0 cm³/mol. The lowest BCUT2D eigenvalue weighted by Gasteiger charge is -2.54. The molecular weight excluding hydrogens is 244 g/mol. The van der Waals surface area contributed by atoms with Crippen LogP contribution in [0, 0.1) is 5.92 Å². The summed E-state index contributed by atoms with van der Waals surface area (Å²) in [6.07, 6.45) is 14.5. The van der Waals surface area contributed by atoms with Gasteiger partial charge in [-0.2, -0.15) is 0 Å². The Hall–Kier alpha value is -0.0800. The van der Waals surface area contributed by atoms with Gasteiger partial charge in [-0.1, -0.05) is 52.4 Å². The first kappa shape index (κ1) is 14.8. The van der Waals surface area contributed by atoms with Gasteiger partial charge >= 0.3 is 0 Å². The second-order valence-electron chi connectivity index (χ2n) is 8.00. The molecule has 0 bridgehead atoms. The van der Waals surface area contributed by atoms with E-state index in [9.17, 15) is 0 Å². The third kappa shape index (κ3) is 3.06. The summed E-state index contributed by atoms with van der Waals surface area (Å²) >= 11 is 0. The van der Waals surface area contributed by atoms with Crippen LogP contribution >= 0.6 is 0 Å². The summed E-state index contributed by atoms with van der Waals surface area (Å²) in [7, 11) is 0. The number of nitrogens with zero attached hydrogens (tertiary/aromatic N) is 1. The average Bonchev–Trinajstić information content (AvgIpc) is 2.48. The Bertz CT molecular complexity index is 301. The normalized spacial score (nSPS) is 32.9. The first-order valence-electron chi connectivity index (χ1n) is 9.21. The Balaban J connectivity index is 1.73. The lowest BCUT2D eigenvalue weighted by molar-refractivity contribution is -0.00455. The zero-order valence-electron chi connectivity index (χ0n) is 13.7. The fourth-order valence-electron chi connectivity index (χ4n) is 4.96. The molecule has 2 nitrogen and oxygen atoms in total. The Morgan fingerprint density at radius 1 is 0.950 bits per heavy atom. The largest absolute Gasteiger partial charge is 0.308 e. The molecule has 0 aromatic carbocycles. The van der Waals surface area contributed by atoms with E-state index in [2.05, 4.69) is 24.1 Å². The van der Waals surface area contributed by atoms with Gasteiger partial charge in [-0.05, 0) is 31.6 Å². The van der Waals surface area contributed by atoms with Crippen molar-refractivity contribution in [3.05, 3.63) is 0 Å². The minimum atomic E-state index is 0.473. The number of piperazine rings is 1. The SMILES string of the molecule is CC(C)C1CNC2(CCCCC2)CN1C1CCCCC1. The molecule has 1 N–H and O–H groups in total. The maximum absolute atomic E-state index is 3.99. The van der Waals surface area contributed by atoms with E-state index in [0.29, 0.717) is 5.54 Å². The van der Waals surface area contributed by atoms with Crippen LogP contribution in [0.4, 0.5) is 0 Å². The van der Waals surface area contributed by atoms with Gasteiger partial charge in [0.25, 0.3) is 0 Å². The van der Waals surface area contributed by atoms with Crippen LogP contribution in [0.2, 0.25) is 0 Å². The summed E-state index contributed by atoms with van der Waals surface area (Å²) < 4.78 is 0. The Morgan fingerprint density at radius 3 is 2.25 bits per heavy atom. The van der Waals surface area contributed by atoms with Crippen LogP contribution in [0.5, 0.6) is 0 Å². The second-order valence-corrected chi connectivity index (χ2v) is 8.00. The lowest BCUT2D eigenvalue weighted by atomic mass is 9.77. The summed E-state index contributed by atoms with van der Waals surface area (Å²) in [5, 5.41) is 3.99. The highest BCUT2D eigenvalue weighted by Crippen LogP contribution is 2.36. The zero-order valence-corrected chi connectivity index (χ0v) is 13.7. The fourth-order valence-corrected chi connectivity index (χ4v) is 4.96. The summed E-state index contributed by atoms with van der Waals surface area (Å²) in [4.78, 5) is 2.95. The molecule has 1 aliphatic heterocycles. The van der Waals surface area contributed by atoms with Gasteiger partial charge in [-0.3, -0.25) is 4.90 Å². The van der Waals surface area contributed by atoms with Gasteiger partial charge in [-0.25, -0.2) is 0 Å². The van der Waals surface area contributed by atoms with Crippen LogP contribution < -0.4 is 5.32 Å². The van der Waals surface area contributed by atoms with Crippen molar-refractivity contribution < 1.29 is 0 Å². The van der Waals surface area contributed by atoms with E-state index in [1.54, 1.807) is 0 Å². The summed E-state index contributed by atoms with van der Waals surface area (Å²) in [6.45, 7) is 7.40. The molecule has 0 aromatic rings. The minimum absolute atomic E-state index is 0.473. The first-order valence-corrected chi connectivity index (χ1v) is 9.21. The van der Waals surface area contributed by atoms with Gasteiger partial charge in [-0.15, -0.1) is 0 Å². The van der Waals surface area contributed by atoms with Crippen LogP contribution in [0.25, 0.3) is 0 Å². The van der Waals surface area contributed by atoms with E-state index in [1.165, 1.54) is 77.3 Å². The molecule has 1 atom stereocenters. The highest BCUT2D eigenvalue weighted by Gasteiger charge is 2.42. The van der Waals surface area contributed by atoms with E-state index >= 15 is 0 Å². The maximum Gasteiger partial charge on any atom is 0.0309 e. The van der Waals surface area contributed by atoms with Crippen LogP contribution in [-0.4, -0.2) is 35.6 Å². The monoisotopic (exact) mass is 278 g/mol. The van der Waals surface area contributed by atoms with Gasteiger partial charge < -0.3 is 5.32 Å². The quantitative estimate of drug-likeness (QED) is 0.822. The van der Waals surface area contributed by atoms with E-state index < -0.39 is 0 Å². The van der Waals surface area contributed by atoms with Crippen molar-refractivity contribution in [1.29, 1.82) is 0 Å². The van der Waals surface area contributed by atoms with E-state index in [-0.39, 0.29) is 0 Å². The lowest BCUT2D eigenvalue weighted by Crippen LogP contribution is -2.67. The van der Waals surface area contributed by atoms with E-state index in [4.69, 9.17) is 0 Å². The minimum Gasteiger partial charge on any atom is -0.308 e. The molecule has 1 spiro atoms. The summed E-state index contributed by atoms with van der Waals surface area (Å²) in [5.74, 6) is 0.783. The zero-order chi connectivity index (χ0) is 14.0. The van der Waals surface area contributed by atoms with Gasteiger partial charge in [0.2, 0.25) is 0 Å². The smallest absolute Gasteiger partial charge is 0.0309 e. The molecular formula is C18H34N2. The molecule has 3 fully saturated rings. The molecule has 0 aromatic heterocycles. The molecule has 1 heterocycles. The molecule has 2 aliphatic carbocycles. The first-order chi connectivity index (χ1) is 9.70. The fraction of sp³-hybridized carbons (Fsp3) is 1.00. The molecule has 3 rings (SSSR count). The molecule has 2 heteroatoms. The summed E-state index contributed by atoms with van der Waals surface area (Å²) in [6, 6.07) is 1.66. The maximum atomic E-state index is 3.99. The molecule has 2 saturated carbocycles. The van der Waals surface area contributed by atoms with Crippen molar-refractivity contribution in [3.63, 3.8) is 0 Å². The molecule has 20 heavy (non-hydrogen) atoms. The summed E-state index contributed by atoms with van der Waals surface area (Å²) in [5.41, 5.74) is 0.473. The van der Waals surface area contributed by atoms with Crippen molar-refractivity contribution in [2.45, 2.75) is 95.7 Å². The van der Waals surface area contributed by atoms with Crippen LogP contribution in [0.1, 0.15) is 78.1 Å². The van der Waals surface area contributed by atoms with E-state index in [0.717, 1.165) is 18.0 Å². The number of nitrogens with one attached hydrogen (secondary N) is 1. The van der Waals surface area contributed by atoms with Gasteiger partial charge in [0.1, 0.15) is 0 Å². The predicted octanol–water partition coefficient (Wildman–Crippen LogP) is 3.95. The number of rotatable bonds is 2. The Kier molecular flexibility index (Phi) is 4.72. The van der Waals surface area contributed by atoms with E-state index in [1.807, 2.05) is 0 Å². The molecule has 3 aliphatic rings. The van der Waals surface area contributed by atoms with Crippen LogP contribution in [0.3, 0.4) is 0 Å². The third-order valence-corrected chi connectivity index (χ3v) is 6.22. The molecule has 0 radical (unpaired) electrons. The van der Waals surface area contributed by atoms with Crippen molar-refractivity contribution in [2.24, 2.45) is 5.92 Å². The number of hydrogen-bond donors (Lipinski definition) is 1. The van der Waals surface area contributed by atoms with Crippen molar-refractivity contribution >= 4 is 0 Å². The average molecular weight is 278 g/mol. The molecule has 1 unspecified atom stereocenters. The highest BCUT2D eigenvalue weighted by molar-refractivity contribution is 5.02. The van der Waals surface area contributed by atoms with Crippen LogP contribution in [0.15, 0.2) is 0 Å². The van der Waals surface area contributed by atoms with Crippen molar-refractivity contribution in [1.82, 2.24) is 10.2 Å². The highest BCUT2D eigenvalue weighted by atomic mass is 15.3. The molecule has 1 saturated heterocycles. The molecule has 0 amide bonds. The second kappa shape index (κ2) is 6.36. The van der Waals surface area contributed by atoms with Crippen molar-refractivity contribution in [2.75, 3.05) is 13.1 Å². The standard InChI is InChI=1S/C18H34N2/c1-15(2)17-13-19-18(11-7-4-8-12-18)14-20(17)16-9-5-3-6-10-16/h15-17,19H,3-14H2,1-2H3. The van der Waals surface area contributed by atoms with Gasteiger partial charge in [0.15, 0.2) is 0 Å². The van der Waals surface area contributed by atoms with Crippen molar-refractivity contribution in [3.8, 4) is 0 Å². The van der Waals surface area contributed by atoms with Gasteiger partial charge in [0, 0.05) is 30.7 Å². The molecule has 116 valence electrons.